The lowest BCUT2D eigenvalue weighted by Crippen LogP contribution is -1.81. The number of hydrogen-bond acceptors (Lipinski definition) is 0. The van der Waals surface area contributed by atoms with Crippen molar-refractivity contribution in [2.75, 3.05) is 0 Å². The van der Waals surface area contributed by atoms with E-state index in [1.165, 1.54) is 56.9 Å². The van der Waals surface area contributed by atoms with Gasteiger partial charge in [0.15, 0.2) is 0 Å². The van der Waals surface area contributed by atoms with Crippen molar-refractivity contribution < 1.29 is 0 Å². The molecule has 0 aliphatic rings. The van der Waals surface area contributed by atoms with E-state index in [1.807, 2.05) is 12.1 Å². The topological polar surface area (TPSA) is 0 Å². The molecule has 0 atom stereocenters. The second kappa shape index (κ2) is 11.3. The molecule has 0 spiro atoms. The second-order valence-electron chi connectivity index (χ2n) is 5.12. The van der Waals surface area contributed by atoms with Crippen LogP contribution >= 0.6 is 15.9 Å². The molecule has 0 amide bonds. The second-order valence-corrected chi connectivity index (χ2v) is 6.03. The minimum atomic E-state index is 0.996. The first kappa shape index (κ1) is 16.5. The lowest BCUT2D eigenvalue weighted by atomic mass is 10.1. The summed E-state index contributed by atoms with van der Waals surface area (Å²) in [5, 5.41) is 0. The molecule has 1 rings (SSSR count). The van der Waals surface area contributed by atoms with Gasteiger partial charge in [-0.15, -0.1) is 0 Å². The molecule has 0 heterocycles. The molecule has 19 heavy (non-hydrogen) atoms. The fourth-order valence-electron chi connectivity index (χ4n) is 2.15. The first-order valence-corrected chi connectivity index (χ1v) is 8.43. The summed E-state index contributed by atoms with van der Waals surface area (Å²) in [6.07, 6.45) is 16.5. The van der Waals surface area contributed by atoms with E-state index in [4.69, 9.17) is 0 Å². The Kier molecular flexibility index (Phi) is 9.79. The number of allylic oxidation sites excluding steroid dienone is 2. The van der Waals surface area contributed by atoms with Crippen LogP contribution in [0.5, 0.6) is 0 Å². The average Bonchev–Trinajstić information content (AvgIpc) is 2.41. The predicted octanol–water partition coefficient (Wildman–Crippen LogP) is 6.49. The van der Waals surface area contributed by atoms with E-state index in [2.05, 4.69) is 47.1 Å². The van der Waals surface area contributed by atoms with Crippen LogP contribution in [0.15, 0.2) is 34.8 Å². The summed E-state index contributed by atoms with van der Waals surface area (Å²) in [6.45, 7) is 2.27. The molecule has 1 aromatic rings. The predicted molar refractivity (Wildman–Crippen MR) is 88.4 cm³/mol. The molecule has 0 unspecified atom stereocenters. The lowest BCUT2D eigenvalue weighted by molar-refractivity contribution is 0.592. The molecule has 105 valence electrons. The zero-order valence-corrected chi connectivity index (χ0v) is 13.7. The van der Waals surface area contributed by atoms with E-state index in [-0.39, 0.29) is 0 Å². The molecule has 0 saturated heterocycles. The lowest BCUT2D eigenvalue weighted by Gasteiger charge is -1.99. The number of halogens is 1. The van der Waals surface area contributed by atoms with Crippen LogP contribution in [0.3, 0.4) is 0 Å². The monoisotopic (exact) mass is 321 g/mol. The third kappa shape index (κ3) is 9.04. The van der Waals surface area contributed by atoms with Crippen LogP contribution in [-0.2, 0) is 6.42 Å². The van der Waals surface area contributed by atoms with Crippen LogP contribution in [0.2, 0.25) is 0 Å². The van der Waals surface area contributed by atoms with Crippen molar-refractivity contribution in [3.05, 3.63) is 46.5 Å². The fraction of sp³-hybridized carbons (Fsp3) is 0.556. The zero-order chi connectivity index (χ0) is 13.8. The third-order valence-electron chi connectivity index (χ3n) is 3.30. The van der Waals surface area contributed by atoms with Crippen molar-refractivity contribution in [1.29, 1.82) is 0 Å². The highest BCUT2D eigenvalue weighted by atomic mass is 79.9. The molecule has 1 aromatic carbocycles. The Labute approximate surface area is 127 Å². The first-order chi connectivity index (χ1) is 9.33. The van der Waals surface area contributed by atoms with Gasteiger partial charge in [0.25, 0.3) is 0 Å². The molecule has 0 nitrogen and oxygen atoms in total. The Morgan fingerprint density at radius 3 is 2.53 bits per heavy atom. The van der Waals surface area contributed by atoms with Crippen molar-refractivity contribution in [2.45, 2.75) is 64.7 Å². The van der Waals surface area contributed by atoms with Gasteiger partial charge < -0.3 is 0 Å². The quantitative estimate of drug-likeness (QED) is 0.341. The third-order valence-corrected chi connectivity index (χ3v) is 3.80. The number of unbranched alkanes of at least 4 members (excludes halogenated alkanes) is 7. The highest BCUT2D eigenvalue weighted by Crippen LogP contribution is 2.12. The summed E-state index contributed by atoms with van der Waals surface area (Å²) in [6, 6.07) is 9.39. The molecule has 0 saturated carbocycles. The van der Waals surface area contributed by atoms with Gasteiger partial charge in [-0.25, -0.2) is 0 Å². The summed E-state index contributed by atoms with van der Waals surface area (Å²) < 4.78 is 1.14. The molecule has 0 aliphatic carbocycles. The molecule has 1 heteroatoms. The first-order valence-electron chi connectivity index (χ1n) is 7.64. The van der Waals surface area contributed by atoms with Crippen molar-refractivity contribution in [1.82, 2.24) is 0 Å². The number of rotatable bonds is 10. The van der Waals surface area contributed by atoms with Gasteiger partial charge in [-0.3, -0.25) is 0 Å². The normalized spacial score (nSPS) is 11.3. The highest BCUT2D eigenvalue weighted by Gasteiger charge is 1.92. The van der Waals surface area contributed by atoms with E-state index >= 15 is 0 Å². The molecule has 0 bridgehead atoms. The Hall–Kier alpha value is -0.560. The van der Waals surface area contributed by atoms with Crippen molar-refractivity contribution in [3.8, 4) is 0 Å². The largest absolute Gasteiger partial charge is 0.0882 e. The molecule has 0 aromatic heterocycles. The zero-order valence-electron chi connectivity index (χ0n) is 12.1. The minimum Gasteiger partial charge on any atom is -0.0882 e. The molecule has 0 N–H and O–H groups in total. The van der Waals surface area contributed by atoms with Crippen molar-refractivity contribution >= 4 is 15.9 Å². The SMILES string of the molecule is CCCCCCCCCC=CCc1[c]ccc(Br)c1. The summed E-state index contributed by atoms with van der Waals surface area (Å²) in [4.78, 5) is 0. The van der Waals surface area contributed by atoms with Gasteiger partial charge >= 0.3 is 0 Å². The molecule has 0 aliphatic heterocycles. The Morgan fingerprint density at radius 1 is 1.05 bits per heavy atom. The molecule has 1 radical (unpaired) electrons. The van der Waals surface area contributed by atoms with E-state index in [1.54, 1.807) is 0 Å². The van der Waals surface area contributed by atoms with Gasteiger partial charge in [-0.05, 0) is 43.0 Å². The van der Waals surface area contributed by atoms with Crippen LogP contribution in [0, 0.1) is 6.07 Å². The van der Waals surface area contributed by atoms with E-state index < -0.39 is 0 Å². The maximum Gasteiger partial charge on any atom is 0.0178 e. The van der Waals surface area contributed by atoms with Crippen LogP contribution in [0.1, 0.15) is 63.9 Å². The van der Waals surface area contributed by atoms with Crippen LogP contribution in [0.25, 0.3) is 0 Å². The van der Waals surface area contributed by atoms with Crippen molar-refractivity contribution in [2.24, 2.45) is 0 Å². The Bertz CT molecular complexity index is 354. The van der Waals surface area contributed by atoms with Crippen LogP contribution in [-0.4, -0.2) is 0 Å². The maximum atomic E-state index is 3.49. The summed E-state index contributed by atoms with van der Waals surface area (Å²) in [7, 11) is 0. The van der Waals surface area contributed by atoms with Gasteiger partial charge in [0.05, 0.1) is 0 Å². The fourth-order valence-corrected chi connectivity index (χ4v) is 2.56. The molecular weight excluding hydrogens is 296 g/mol. The van der Waals surface area contributed by atoms with E-state index in [9.17, 15) is 0 Å². The number of hydrogen-bond donors (Lipinski definition) is 0. The van der Waals surface area contributed by atoms with E-state index in [0.29, 0.717) is 0 Å². The Balaban J connectivity index is 1.99. The average molecular weight is 322 g/mol. The highest BCUT2D eigenvalue weighted by molar-refractivity contribution is 9.10. The van der Waals surface area contributed by atoms with Crippen LogP contribution in [0.4, 0.5) is 0 Å². The summed E-state index contributed by atoms with van der Waals surface area (Å²) >= 11 is 3.49. The van der Waals surface area contributed by atoms with Gasteiger partial charge in [0, 0.05) is 4.47 Å². The van der Waals surface area contributed by atoms with Crippen molar-refractivity contribution in [3.63, 3.8) is 0 Å². The van der Waals surface area contributed by atoms with Gasteiger partial charge in [-0.1, -0.05) is 79.6 Å². The molecule has 0 fully saturated rings. The van der Waals surface area contributed by atoms with Gasteiger partial charge in [0.2, 0.25) is 0 Å². The molecular formula is C18H26Br. The maximum absolute atomic E-state index is 3.49. The van der Waals surface area contributed by atoms with Crippen LogP contribution < -0.4 is 0 Å². The van der Waals surface area contributed by atoms with Gasteiger partial charge in [-0.2, -0.15) is 0 Å². The smallest absolute Gasteiger partial charge is 0.0178 e. The minimum absolute atomic E-state index is 0.996. The standard InChI is InChI=1S/C18H26Br/c1-2-3-4-5-6-7-8-9-10-11-13-17-14-12-15-18(19)16-17/h10-12,15-16H,2-9,13H2,1H3. The van der Waals surface area contributed by atoms with Gasteiger partial charge in [0.1, 0.15) is 0 Å². The number of benzene rings is 1. The summed E-state index contributed by atoms with van der Waals surface area (Å²) in [5.41, 5.74) is 1.25. The summed E-state index contributed by atoms with van der Waals surface area (Å²) in [5.74, 6) is 0. The Morgan fingerprint density at radius 2 is 1.79 bits per heavy atom. The van der Waals surface area contributed by atoms with E-state index in [0.717, 1.165) is 10.9 Å².